The molecule has 22 heavy (non-hydrogen) atoms. The monoisotopic (exact) mass is 368 g/mol. The van der Waals surface area contributed by atoms with Crippen LogP contribution in [0.1, 0.15) is 26.7 Å². The zero-order chi connectivity index (χ0) is 16.1. The van der Waals surface area contributed by atoms with Crippen molar-refractivity contribution in [3.05, 3.63) is 51.9 Å². The number of furan rings is 1. The van der Waals surface area contributed by atoms with Gasteiger partial charge in [0.2, 0.25) is 5.76 Å². The Morgan fingerprint density at radius 1 is 1.14 bits per heavy atom. The van der Waals surface area contributed by atoms with Gasteiger partial charge >= 0.3 is 11.9 Å². The number of hydrogen-bond acceptors (Lipinski definition) is 6. The van der Waals surface area contributed by atoms with E-state index in [-0.39, 0.29) is 12.4 Å². The number of methoxy groups -OCH3 is 2. The van der Waals surface area contributed by atoms with Crippen LogP contribution in [0.4, 0.5) is 0 Å². The van der Waals surface area contributed by atoms with Crippen LogP contribution in [0.25, 0.3) is 0 Å². The Hall–Kier alpha value is -2.28. The zero-order valence-corrected chi connectivity index (χ0v) is 13.5. The Kier molecular flexibility index (Phi) is 5.21. The third kappa shape index (κ3) is 3.67. The Labute approximate surface area is 135 Å². The van der Waals surface area contributed by atoms with Crippen molar-refractivity contribution in [1.82, 2.24) is 0 Å². The lowest BCUT2D eigenvalue weighted by Gasteiger charge is -2.07. The summed E-state index contributed by atoms with van der Waals surface area (Å²) in [6, 6.07) is 7.97. The van der Waals surface area contributed by atoms with Gasteiger partial charge in [0.1, 0.15) is 18.1 Å². The number of rotatable bonds is 5. The number of ether oxygens (including phenoxy) is 3. The van der Waals surface area contributed by atoms with Gasteiger partial charge in [-0.2, -0.15) is 0 Å². The van der Waals surface area contributed by atoms with Crippen molar-refractivity contribution in [2.45, 2.75) is 6.61 Å². The molecule has 0 saturated carbocycles. The third-order valence-electron chi connectivity index (χ3n) is 2.79. The van der Waals surface area contributed by atoms with Crippen molar-refractivity contribution >= 4 is 27.9 Å². The maximum atomic E-state index is 12.1. The second-order valence-electron chi connectivity index (χ2n) is 4.18. The largest absolute Gasteiger partial charge is 0.497 e. The molecule has 0 aliphatic carbocycles. The minimum absolute atomic E-state index is 0.0520. The SMILES string of the molecule is COC(=O)c1ccc(COC(=O)c2cc(OC)ccc2Br)o1. The molecular formula is C15H13BrO6. The van der Waals surface area contributed by atoms with E-state index in [1.807, 2.05) is 0 Å². The fourth-order valence-electron chi connectivity index (χ4n) is 1.67. The van der Waals surface area contributed by atoms with Crippen LogP contribution in [-0.2, 0) is 16.1 Å². The van der Waals surface area contributed by atoms with Gasteiger partial charge in [0, 0.05) is 4.47 Å². The van der Waals surface area contributed by atoms with Gasteiger partial charge in [-0.05, 0) is 46.3 Å². The Balaban J connectivity index is 2.04. The van der Waals surface area contributed by atoms with Crippen LogP contribution in [0.15, 0.2) is 39.2 Å². The average molecular weight is 369 g/mol. The maximum absolute atomic E-state index is 12.1. The molecule has 2 rings (SSSR count). The van der Waals surface area contributed by atoms with Crippen molar-refractivity contribution in [3.63, 3.8) is 0 Å². The molecule has 1 heterocycles. The number of carbonyl (C=O) groups excluding carboxylic acids is 2. The van der Waals surface area contributed by atoms with Gasteiger partial charge in [-0.1, -0.05) is 0 Å². The molecule has 0 aliphatic heterocycles. The molecule has 0 amide bonds. The molecule has 0 aliphatic rings. The minimum atomic E-state index is -0.590. The fraction of sp³-hybridized carbons (Fsp3) is 0.200. The van der Waals surface area contributed by atoms with E-state index in [1.165, 1.54) is 20.3 Å². The van der Waals surface area contributed by atoms with E-state index in [2.05, 4.69) is 20.7 Å². The topological polar surface area (TPSA) is 75.0 Å². The normalized spacial score (nSPS) is 10.1. The predicted molar refractivity (Wildman–Crippen MR) is 79.9 cm³/mol. The molecule has 0 N–H and O–H groups in total. The lowest BCUT2D eigenvalue weighted by molar-refractivity contribution is 0.0437. The zero-order valence-electron chi connectivity index (χ0n) is 11.9. The van der Waals surface area contributed by atoms with E-state index >= 15 is 0 Å². The van der Waals surface area contributed by atoms with Gasteiger partial charge < -0.3 is 18.6 Å². The summed E-state index contributed by atoms with van der Waals surface area (Å²) in [5, 5.41) is 0. The van der Waals surface area contributed by atoms with E-state index in [4.69, 9.17) is 13.9 Å². The second kappa shape index (κ2) is 7.13. The molecule has 0 atom stereocenters. The van der Waals surface area contributed by atoms with E-state index in [0.717, 1.165) is 0 Å². The third-order valence-corrected chi connectivity index (χ3v) is 3.48. The van der Waals surface area contributed by atoms with E-state index in [0.29, 0.717) is 21.5 Å². The Morgan fingerprint density at radius 2 is 1.91 bits per heavy atom. The highest BCUT2D eigenvalue weighted by Crippen LogP contribution is 2.23. The van der Waals surface area contributed by atoms with Crippen LogP contribution in [0, 0.1) is 0 Å². The van der Waals surface area contributed by atoms with Gasteiger partial charge in [-0.3, -0.25) is 0 Å². The first-order valence-electron chi connectivity index (χ1n) is 6.23. The van der Waals surface area contributed by atoms with Gasteiger partial charge in [0.25, 0.3) is 0 Å². The molecule has 116 valence electrons. The number of benzene rings is 1. The molecular weight excluding hydrogens is 356 g/mol. The lowest BCUT2D eigenvalue weighted by atomic mass is 10.2. The fourth-order valence-corrected chi connectivity index (χ4v) is 2.08. The van der Waals surface area contributed by atoms with Crippen molar-refractivity contribution in [2.24, 2.45) is 0 Å². The van der Waals surface area contributed by atoms with Crippen molar-refractivity contribution < 1.29 is 28.2 Å². The summed E-state index contributed by atoms with van der Waals surface area (Å²) in [7, 11) is 2.76. The van der Waals surface area contributed by atoms with Crippen LogP contribution in [0.5, 0.6) is 5.75 Å². The Bertz CT molecular complexity index is 691. The molecule has 2 aromatic rings. The van der Waals surface area contributed by atoms with Gasteiger partial charge in [-0.15, -0.1) is 0 Å². The van der Waals surface area contributed by atoms with Crippen molar-refractivity contribution in [2.75, 3.05) is 14.2 Å². The highest BCUT2D eigenvalue weighted by molar-refractivity contribution is 9.10. The smallest absolute Gasteiger partial charge is 0.373 e. The molecule has 6 nitrogen and oxygen atoms in total. The minimum Gasteiger partial charge on any atom is -0.497 e. The summed E-state index contributed by atoms with van der Waals surface area (Å²) in [5.41, 5.74) is 0.332. The molecule has 0 unspecified atom stereocenters. The standard InChI is InChI=1S/C15H13BrO6/c1-19-9-3-5-12(16)11(7-9)14(17)21-8-10-4-6-13(22-10)15(18)20-2/h3-7H,8H2,1-2H3. The average Bonchev–Trinajstić information content (AvgIpc) is 3.01. The van der Waals surface area contributed by atoms with Gasteiger partial charge in [0.05, 0.1) is 19.8 Å². The summed E-state index contributed by atoms with van der Waals surface area (Å²) >= 11 is 3.28. The lowest BCUT2D eigenvalue weighted by Crippen LogP contribution is -2.06. The quantitative estimate of drug-likeness (QED) is 0.754. The van der Waals surface area contributed by atoms with E-state index in [9.17, 15) is 9.59 Å². The molecule has 1 aromatic carbocycles. The molecule has 0 fully saturated rings. The molecule has 0 bridgehead atoms. The van der Waals surface area contributed by atoms with Crippen molar-refractivity contribution in [1.29, 1.82) is 0 Å². The summed E-state index contributed by atoms with van der Waals surface area (Å²) < 4.78 is 20.5. The molecule has 0 spiro atoms. The summed E-state index contributed by atoms with van der Waals surface area (Å²) in [6.45, 7) is -0.0977. The summed E-state index contributed by atoms with van der Waals surface area (Å²) in [5.74, 6) is -0.195. The maximum Gasteiger partial charge on any atom is 0.373 e. The first-order valence-corrected chi connectivity index (χ1v) is 7.02. The number of halogens is 1. The first-order chi connectivity index (χ1) is 10.5. The Morgan fingerprint density at radius 3 is 2.59 bits per heavy atom. The number of hydrogen-bond donors (Lipinski definition) is 0. The van der Waals surface area contributed by atoms with E-state index < -0.39 is 11.9 Å². The first kappa shape index (κ1) is 16.1. The summed E-state index contributed by atoms with van der Waals surface area (Å²) in [4.78, 5) is 23.3. The second-order valence-corrected chi connectivity index (χ2v) is 5.03. The van der Waals surface area contributed by atoms with E-state index in [1.54, 1.807) is 24.3 Å². The predicted octanol–water partition coefficient (Wildman–Crippen LogP) is 3.19. The van der Waals surface area contributed by atoms with Crippen LogP contribution < -0.4 is 4.74 Å². The van der Waals surface area contributed by atoms with Crippen LogP contribution in [0.3, 0.4) is 0 Å². The molecule has 1 aromatic heterocycles. The van der Waals surface area contributed by atoms with Crippen LogP contribution >= 0.6 is 15.9 Å². The molecule has 0 saturated heterocycles. The molecule has 7 heteroatoms. The van der Waals surface area contributed by atoms with Gasteiger partial charge in [0.15, 0.2) is 0 Å². The number of esters is 2. The van der Waals surface area contributed by atoms with Crippen molar-refractivity contribution in [3.8, 4) is 5.75 Å². The van der Waals surface area contributed by atoms with Crippen LogP contribution in [0.2, 0.25) is 0 Å². The van der Waals surface area contributed by atoms with Crippen LogP contribution in [-0.4, -0.2) is 26.2 Å². The summed E-state index contributed by atoms with van der Waals surface area (Å²) in [6.07, 6.45) is 0. The van der Waals surface area contributed by atoms with Gasteiger partial charge in [-0.25, -0.2) is 9.59 Å². The number of carbonyl (C=O) groups is 2. The highest BCUT2D eigenvalue weighted by atomic mass is 79.9. The highest BCUT2D eigenvalue weighted by Gasteiger charge is 2.15. The molecule has 0 radical (unpaired) electrons.